The summed E-state index contributed by atoms with van der Waals surface area (Å²) in [7, 11) is 1.39. The van der Waals surface area contributed by atoms with Gasteiger partial charge in [0, 0.05) is 23.6 Å². The van der Waals surface area contributed by atoms with E-state index >= 15 is 0 Å². The van der Waals surface area contributed by atoms with Crippen molar-refractivity contribution in [2.24, 2.45) is 5.73 Å². The Bertz CT molecular complexity index is 636. The number of carboxylic acid groups (broad SMARTS) is 1. The highest BCUT2D eigenvalue weighted by atomic mass is 19.1. The van der Waals surface area contributed by atoms with Crippen LogP contribution in [0.3, 0.4) is 0 Å². The molecule has 1 aromatic carbocycles. The van der Waals surface area contributed by atoms with Gasteiger partial charge in [-0.05, 0) is 18.6 Å². The van der Waals surface area contributed by atoms with Crippen LogP contribution in [0.2, 0.25) is 0 Å². The number of methoxy groups -OCH3 is 1. The van der Waals surface area contributed by atoms with E-state index in [1.807, 2.05) is 0 Å². The van der Waals surface area contributed by atoms with Gasteiger partial charge in [-0.15, -0.1) is 0 Å². The van der Waals surface area contributed by atoms with Gasteiger partial charge in [0.05, 0.1) is 12.6 Å². The molecule has 0 aliphatic rings. The molecule has 1 heterocycles. The van der Waals surface area contributed by atoms with Gasteiger partial charge in [-0.2, -0.15) is 0 Å². The van der Waals surface area contributed by atoms with E-state index < -0.39 is 17.8 Å². The second-order valence-electron chi connectivity index (χ2n) is 4.40. The van der Waals surface area contributed by atoms with Crippen molar-refractivity contribution >= 4 is 16.9 Å². The highest BCUT2D eigenvalue weighted by molar-refractivity contribution is 5.88. The van der Waals surface area contributed by atoms with Crippen molar-refractivity contribution < 1.29 is 19.0 Å². The number of carbonyl (C=O) groups is 1. The number of carboxylic acids is 1. The Morgan fingerprint density at radius 2 is 2.32 bits per heavy atom. The fourth-order valence-electron chi connectivity index (χ4n) is 2.08. The molecule has 0 saturated carbocycles. The summed E-state index contributed by atoms with van der Waals surface area (Å²) in [5.74, 6) is -1.36. The summed E-state index contributed by atoms with van der Waals surface area (Å²) >= 11 is 0. The lowest BCUT2D eigenvalue weighted by atomic mass is 10.0. The molecule has 0 amide bonds. The third-order valence-corrected chi connectivity index (χ3v) is 3.18. The van der Waals surface area contributed by atoms with E-state index in [0.29, 0.717) is 11.1 Å². The predicted molar refractivity (Wildman–Crippen MR) is 68.9 cm³/mol. The molecular formula is C13H15FN2O3. The molecule has 1 aromatic heterocycles. The van der Waals surface area contributed by atoms with Gasteiger partial charge in [0.1, 0.15) is 6.04 Å². The number of ether oxygens (including phenoxy) is 1. The van der Waals surface area contributed by atoms with Crippen LogP contribution in [0.25, 0.3) is 10.9 Å². The molecule has 0 aliphatic carbocycles. The number of aromatic nitrogens is 1. The van der Waals surface area contributed by atoms with Crippen LogP contribution in [0, 0.1) is 12.7 Å². The Labute approximate surface area is 109 Å². The molecule has 0 spiro atoms. The zero-order valence-electron chi connectivity index (χ0n) is 10.7. The first-order valence-electron chi connectivity index (χ1n) is 5.77. The number of fused-ring (bicyclic) bond motifs is 1. The molecule has 0 radical (unpaired) electrons. The van der Waals surface area contributed by atoms with Crippen LogP contribution in [0.1, 0.15) is 11.1 Å². The minimum Gasteiger partial charge on any atom is -0.494 e. The second kappa shape index (κ2) is 4.89. The molecule has 19 heavy (non-hydrogen) atoms. The van der Waals surface area contributed by atoms with E-state index in [1.54, 1.807) is 19.2 Å². The number of benzene rings is 1. The first-order chi connectivity index (χ1) is 8.95. The summed E-state index contributed by atoms with van der Waals surface area (Å²) in [5.41, 5.74) is 7.31. The van der Waals surface area contributed by atoms with Gasteiger partial charge in [0.15, 0.2) is 11.6 Å². The Kier molecular flexibility index (Phi) is 3.44. The van der Waals surface area contributed by atoms with E-state index in [4.69, 9.17) is 15.6 Å². The Hall–Kier alpha value is -2.08. The molecule has 102 valence electrons. The lowest BCUT2D eigenvalue weighted by molar-refractivity contribution is -0.138. The van der Waals surface area contributed by atoms with E-state index in [0.717, 1.165) is 10.9 Å². The third-order valence-electron chi connectivity index (χ3n) is 3.18. The van der Waals surface area contributed by atoms with Crippen molar-refractivity contribution in [1.29, 1.82) is 0 Å². The van der Waals surface area contributed by atoms with Crippen molar-refractivity contribution in [2.45, 2.75) is 19.4 Å². The minimum absolute atomic E-state index is 0.134. The van der Waals surface area contributed by atoms with Crippen molar-refractivity contribution in [3.63, 3.8) is 0 Å². The van der Waals surface area contributed by atoms with Crippen LogP contribution in [-0.2, 0) is 11.2 Å². The van der Waals surface area contributed by atoms with Crippen LogP contribution in [0.5, 0.6) is 5.75 Å². The topological polar surface area (TPSA) is 88.3 Å². The van der Waals surface area contributed by atoms with E-state index in [9.17, 15) is 9.18 Å². The number of hydrogen-bond acceptors (Lipinski definition) is 3. The largest absolute Gasteiger partial charge is 0.494 e. The zero-order valence-corrected chi connectivity index (χ0v) is 10.7. The standard InChI is InChI=1S/C13H15FN2O3/c1-6-11(14)10(19-2)4-8-7(5-16-12(6)8)3-9(15)13(17)18/h4-5,9,16H,3,15H2,1-2H3,(H,17,18). The summed E-state index contributed by atoms with van der Waals surface area (Å²) in [6.07, 6.45) is 1.82. The molecule has 6 heteroatoms. The fourth-order valence-corrected chi connectivity index (χ4v) is 2.08. The van der Waals surface area contributed by atoms with Crippen LogP contribution in [0.15, 0.2) is 12.3 Å². The Balaban J connectivity index is 2.53. The van der Waals surface area contributed by atoms with Crippen LogP contribution in [0.4, 0.5) is 4.39 Å². The normalized spacial score (nSPS) is 12.6. The smallest absolute Gasteiger partial charge is 0.320 e. The quantitative estimate of drug-likeness (QED) is 0.784. The van der Waals surface area contributed by atoms with Crippen molar-refractivity contribution in [3.05, 3.63) is 29.2 Å². The van der Waals surface area contributed by atoms with Gasteiger partial charge in [-0.1, -0.05) is 0 Å². The number of aryl methyl sites for hydroxylation is 1. The molecule has 2 aromatic rings. The van der Waals surface area contributed by atoms with Gasteiger partial charge in [-0.25, -0.2) is 4.39 Å². The molecule has 0 fully saturated rings. The average molecular weight is 266 g/mol. The lowest BCUT2D eigenvalue weighted by Gasteiger charge is -2.08. The first-order valence-corrected chi connectivity index (χ1v) is 5.77. The molecule has 5 nitrogen and oxygen atoms in total. The predicted octanol–water partition coefficient (Wildman–Crippen LogP) is 1.58. The summed E-state index contributed by atoms with van der Waals surface area (Å²) < 4.78 is 18.8. The maximum atomic E-state index is 13.9. The van der Waals surface area contributed by atoms with Crippen molar-refractivity contribution in [3.8, 4) is 5.75 Å². The van der Waals surface area contributed by atoms with Crippen molar-refractivity contribution in [2.75, 3.05) is 7.11 Å². The Morgan fingerprint density at radius 3 is 2.89 bits per heavy atom. The van der Waals surface area contributed by atoms with E-state index in [-0.39, 0.29) is 12.2 Å². The second-order valence-corrected chi connectivity index (χ2v) is 4.40. The maximum Gasteiger partial charge on any atom is 0.320 e. The monoisotopic (exact) mass is 266 g/mol. The van der Waals surface area contributed by atoms with Gasteiger partial charge in [-0.3, -0.25) is 4.79 Å². The molecule has 2 rings (SSSR count). The number of hydrogen-bond donors (Lipinski definition) is 3. The summed E-state index contributed by atoms with van der Waals surface area (Å²) in [5, 5.41) is 9.56. The van der Waals surface area contributed by atoms with Crippen LogP contribution >= 0.6 is 0 Å². The minimum atomic E-state index is -1.07. The van der Waals surface area contributed by atoms with Crippen LogP contribution in [-0.4, -0.2) is 29.2 Å². The molecule has 1 unspecified atom stereocenters. The van der Waals surface area contributed by atoms with E-state index in [1.165, 1.54) is 7.11 Å². The third kappa shape index (κ3) is 2.26. The number of halogens is 1. The number of aliphatic carboxylic acids is 1. The van der Waals surface area contributed by atoms with Gasteiger partial charge in [0.25, 0.3) is 0 Å². The number of H-pyrrole nitrogens is 1. The molecular weight excluding hydrogens is 251 g/mol. The highest BCUT2D eigenvalue weighted by Crippen LogP contribution is 2.31. The molecule has 0 aliphatic heterocycles. The van der Waals surface area contributed by atoms with Gasteiger partial charge in [0.2, 0.25) is 0 Å². The van der Waals surface area contributed by atoms with Crippen LogP contribution < -0.4 is 10.5 Å². The van der Waals surface area contributed by atoms with Crippen molar-refractivity contribution in [1.82, 2.24) is 4.98 Å². The summed E-state index contributed by atoms with van der Waals surface area (Å²) in [6.45, 7) is 1.64. The molecule has 0 saturated heterocycles. The highest BCUT2D eigenvalue weighted by Gasteiger charge is 2.18. The average Bonchev–Trinajstić information content (AvgIpc) is 2.76. The lowest BCUT2D eigenvalue weighted by Crippen LogP contribution is -2.32. The molecule has 4 N–H and O–H groups in total. The van der Waals surface area contributed by atoms with E-state index in [2.05, 4.69) is 4.98 Å². The molecule has 1 atom stereocenters. The summed E-state index contributed by atoms with van der Waals surface area (Å²) in [4.78, 5) is 13.7. The number of aromatic amines is 1. The molecule has 0 bridgehead atoms. The fraction of sp³-hybridized carbons (Fsp3) is 0.308. The number of nitrogens with one attached hydrogen (secondary N) is 1. The number of nitrogens with two attached hydrogens (primary N) is 1. The zero-order chi connectivity index (χ0) is 14.2. The van der Waals surface area contributed by atoms with Gasteiger partial charge >= 0.3 is 5.97 Å². The van der Waals surface area contributed by atoms with Gasteiger partial charge < -0.3 is 20.6 Å². The first kappa shape index (κ1) is 13.4. The Morgan fingerprint density at radius 1 is 1.63 bits per heavy atom. The maximum absolute atomic E-state index is 13.9. The SMILES string of the molecule is COc1cc2c(CC(N)C(=O)O)c[nH]c2c(C)c1F. The summed E-state index contributed by atoms with van der Waals surface area (Å²) in [6, 6.07) is 0.563. The number of rotatable bonds is 4.